The van der Waals surface area contributed by atoms with Crippen LogP contribution in [-0.2, 0) is 9.47 Å². The zero-order chi connectivity index (χ0) is 16.6. The topological polar surface area (TPSA) is 67.9 Å². The molecule has 0 aromatic heterocycles. The second-order valence-corrected chi connectivity index (χ2v) is 5.61. The summed E-state index contributed by atoms with van der Waals surface area (Å²) < 4.78 is 10.2. The van der Waals surface area contributed by atoms with Gasteiger partial charge >= 0.3 is 12.2 Å². The summed E-state index contributed by atoms with van der Waals surface area (Å²) in [5.41, 5.74) is 0.164. The van der Waals surface area contributed by atoms with Crippen molar-refractivity contribution >= 4 is 17.9 Å². The zero-order valence-corrected chi connectivity index (χ0v) is 13.6. The lowest BCUT2D eigenvalue weighted by Gasteiger charge is -2.23. The maximum Gasteiger partial charge on any atom is 0.414 e. The summed E-state index contributed by atoms with van der Waals surface area (Å²) in [7, 11) is 0. The number of nitrogens with one attached hydrogen (secondary N) is 1. The van der Waals surface area contributed by atoms with Crippen molar-refractivity contribution in [2.24, 2.45) is 0 Å². The maximum absolute atomic E-state index is 12.0. The highest BCUT2D eigenvalue weighted by Crippen LogP contribution is 2.14. The van der Waals surface area contributed by atoms with Gasteiger partial charge in [0.05, 0.1) is 6.61 Å². The van der Waals surface area contributed by atoms with Crippen molar-refractivity contribution in [2.45, 2.75) is 33.3 Å². The lowest BCUT2D eigenvalue weighted by Crippen LogP contribution is -2.40. The Morgan fingerprint density at radius 1 is 1.18 bits per heavy atom. The molecular weight excluding hydrogens is 284 g/mol. The molecule has 0 fully saturated rings. The van der Waals surface area contributed by atoms with Crippen LogP contribution in [0, 0.1) is 0 Å². The molecule has 0 radical (unpaired) electrons. The van der Waals surface area contributed by atoms with E-state index >= 15 is 0 Å². The van der Waals surface area contributed by atoms with E-state index in [0.717, 1.165) is 0 Å². The first kappa shape index (κ1) is 17.8. The fourth-order valence-electron chi connectivity index (χ4n) is 1.72. The number of hydrogen-bond donors (Lipinski definition) is 1. The van der Waals surface area contributed by atoms with E-state index in [-0.39, 0.29) is 6.54 Å². The Bertz CT molecular complexity index is 483. The minimum absolute atomic E-state index is 0.266. The number of nitrogens with zero attached hydrogens (tertiary/aromatic N) is 1. The van der Waals surface area contributed by atoms with Gasteiger partial charge in [-0.3, -0.25) is 4.90 Å². The molecule has 0 saturated heterocycles. The molecule has 1 aromatic carbocycles. The third kappa shape index (κ3) is 6.47. The summed E-state index contributed by atoms with van der Waals surface area (Å²) in [6, 6.07) is 9.16. The number of para-hydroxylation sites is 1. The third-order valence-corrected chi connectivity index (χ3v) is 2.56. The van der Waals surface area contributed by atoms with Gasteiger partial charge in [0, 0.05) is 18.8 Å². The van der Waals surface area contributed by atoms with Gasteiger partial charge in [-0.25, -0.2) is 9.59 Å². The summed E-state index contributed by atoms with van der Waals surface area (Å²) in [6.45, 7) is 7.98. The molecule has 22 heavy (non-hydrogen) atoms. The highest BCUT2D eigenvalue weighted by molar-refractivity contribution is 5.87. The van der Waals surface area contributed by atoms with Crippen LogP contribution in [0.25, 0.3) is 0 Å². The van der Waals surface area contributed by atoms with Crippen molar-refractivity contribution in [1.82, 2.24) is 5.32 Å². The smallest absolute Gasteiger partial charge is 0.414 e. The van der Waals surface area contributed by atoms with Gasteiger partial charge in [-0.15, -0.1) is 0 Å². The molecule has 6 heteroatoms. The molecule has 0 aliphatic carbocycles. The lowest BCUT2D eigenvalue weighted by atomic mass is 10.2. The molecule has 0 aliphatic heterocycles. The second kappa shape index (κ2) is 8.26. The first-order valence-electron chi connectivity index (χ1n) is 7.29. The molecular formula is C16H24N2O4. The number of benzene rings is 1. The van der Waals surface area contributed by atoms with Crippen LogP contribution in [0.3, 0.4) is 0 Å². The van der Waals surface area contributed by atoms with Gasteiger partial charge in [0.2, 0.25) is 0 Å². The van der Waals surface area contributed by atoms with Gasteiger partial charge in [0.1, 0.15) is 5.60 Å². The Morgan fingerprint density at radius 2 is 1.82 bits per heavy atom. The largest absolute Gasteiger partial charge is 0.449 e. The second-order valence-electron chi connectivity index (χ2n) is 5.61. The van der Waals surface area contributed by atoms with Crippen LogP contribution >= 0.6 is 0 Å². The maximum atomic E-state index is 12.0. The van der Waals surface area contributed by atoms with Gasteiger partial charge in [-0.2, -0.15) is 0 Å². The van der Waals surface area contributed by atoms with Gasteiger partial charge < -0.3 is 14.8 Å². The number of carbonyl (C=O) groups excluding carboxylic acids is 2. The lowest BCUT2D eigenvalue weighted by molar-refractivity contribution is 0.0528. The van der Waals surface area contributed by atoms with E-state index in [1.165, 1.54) is 4.90 Å². The Hall–Kier alpha value is -2.24. The Labute approximate surface area is 131 Å². The number of rotatable bonds is 5. The molecule has 0 aliphatic rings. The quantitative estimate of drug-likeness (QED) is 0.907. The van der Waals surface area contributed by atoms with Crippen LogP contribution in [-0.4, -0.2) is 37.5 Å². The number of amides is 2. The van der Waals surface area contributed by atoms with Gasteiger partial charge in [-0.05, 0) is 39.8 Å². The standard InChI is InChI=1S/C16H24N2O4/c1-5-21-15(20)18(13-9-7-6-8-10-13)12-11-17-14(19)22-16(2,3)4/h6-10H,5,11-12H2,1-4H3,(H,17,19). The summed E-state index contributed by atoms with van der Waals surface area (Å²) >= 11 is 0. The average molecular weight is 308 g/mol. The number of ether oxygens (including phenoxy) is 2. The van der Waals surface area contributed by atoms with E-state index in [2.05, 4.69) is 5.32 Å². The summed E-state index contributed by atoms with van der Waals surface area (Å²) in [5.74, 6) is 0. The van der Waals surface area contributed by atoms with Crippen molar-refractivity contribution in [3.05, 3.63) is 30.3 Å². The third-order valence-electron chi connectivity index (χ3n) is 2.56. The molecule has 2 amide bonds. The van der Waals surface area contributed by atoms with Crippen molar-refractivity contribution in [3.8, 4) is 0 Å². The molecule has 0 heterocycles. The predicted octanol–water partition coefficient (Wildman–Crippen LogP) is 3.17. The van der Waals surface area contributed by atoms with Crippen molar-refractivity contribution < 1.29 is 19.1 Å². The number of hydrogen-bond acceptors (Lipinski definition) is 4. The van der Waals surface area contributed by atoms with E-state index in [0.29, 0.717) is 18.8 Å². The van der Waals surface area contributed by atoms with E-state index in [1.807, 2.05) is 30.3 Å². The minimum atomic E-state index is -0.551. The normalized spacial score (nSPS) is 10.7. The molecule has 1 aromatic rings. The monoisotopic (exact) mass is 308 g/mol. The highest BCUT2D eigenvalue weighted by atomic mass is 16.6. The van der Waals surface area contributed by atoms with Crippen LogP contribution in [0.2, 0.25) is 0 Å². The van der Waals surface area contributed by atoms with Gasteiger partial charge in [-0.1, -0.05) is 18.2 Å². The number of anilines is 1. The van der Waals surface area contributed by atoms with Crippen LogP contribution in [0.15, 0.2) is 30.3 Å². The van der Waals surface area contributed by atoms with E-state index in [1.54, 1.807) is 27.7 Å². The summed E-state index contributed by atoms with van der Waals surface area (Å²) in [6.07, 6.45) is -0.955. The fourth-order valence-corrected chi connectivity index (χ4v) is 1.72. The van der Waals surface area contributed by atoms with Crippen LogP contribution in [0.4, 0.5) is 15.3 Å². The fraction of sp³-hybridized carbons (Fsp3) is 0.500. The van der Waals surface area contributed by atoms with Crippen molar-refractivity contribution in [2.75, 3.05) is 24.6 Å². The summed E-state index contributed by atoms with van der Waals surface area (Å²) in [5, 5.41) is 2.63. The predicted molar refractivity (Wildman–Crippen MR) is 85.0 cm³/mol. The Balaban J connectivity index is 2.59. The van der Waals surface area contributed by atoms with E-state index in [4.69, 9.17) is 9.47 Å². The first-order chi connectivity index (χ1) is 10.3. The molecule has 0 bridgehead atoms. The van der Waals surface area contributed by atoms with E-state index < -0.39 is 17.8 Å². The van der Waals surface area contributed by atoms with Crippen LogP contribution in [0.5, 0.6) is 0 Å². The van der Waals surface area contributed by atoms with Crippen molar-refractivity contribution in [1.29, 1.82) is 0 Å². The Kier molecular flexibility index (Phi) is 6.69. The SMILES string of the molecule is CCOC(=O)N(CCNC(=O)OC(C)(C)C)c1ccccc1. The number of carbonyl (C=O) groups is 2. The molecule has 122 valence electrons. The average Bonchev–Trinajstić information content (AvgIpc) is 2.43. The first-order valence-corrected chi connectivity index (χ1v) is 7.29. The van der Waals surface area contributed by atoms with Gasteiger partial charge in [0.15, 0.2) is 0 Å². The molecule has 0 unspecified atom stereocenters. The Morgan fingerprint density at radius 3 is 2.36 bits per heavy atom. The van der Waals surface area contributed by atoms with Gasteiger partial charge in [0.25, 0.3) is 0 Å². The number of alkyl carbamates (subject to hydrolysis) is 1. The molecule has 6 nitrogen and oxygen atoms in total. The minimum Gasteiger partial charge on any atom is -0.449 e. The molecule has 1 rings (SSSR count). The molecule has 0 saturated carbocycles. The zero-order valence-electron chi connectivity index (χ0n) is 13.6. The van der Waals surface area contributed by atoms with Crippen LogP contribution < -0.4 is 10.2 Å². The molecule has 0 atom stereocenters. The molecule has 0 spiro atoms. The van der Waals surface area contributed by atoms with E-state index in [9.17, 15) is 9.59 Å². The summed E-state index contributed by atoms with van der Waals surface area (Å²) in [4.78, 5) is 25.1. The van der Waals surface area contributed by atoms with Crippen LogP contribution in [0.1, 0.15) is 27.7 Å². The van der Waals surface area contributed by atoms with Crippen molar-refractivity contribution in [3.63, 3.8) is 0 Å². The highest BCUT2D eigenvalue weighted by Gasteiger charge is 2.18. The molecule has 1 N–H and O–H groups in total.